The van der Waals surface area contributed by atoms with Crippen LogP contribution in [-0.2, 0) is 6.54 Å². The van der Waals surface area contributed by atoms with E-state index in [4.69, 9.17) is 12.2 Å². The maximum absolute atomic E-state index is 11.5. The van der Waals surface area contributed by atoms with Crippen molar-refractivity contribution in [2.45, 2.75) is 18.6 Å². The number of hydrogen-bond donors (Lipinski definition) is 2. The second-order valence-electron chi connectivity index (χ2n) is 7.73. The van der Waals surface area contributed by atoms with E-state index in [9.17, 15) is 9.90 Å². The van der Waals surface area contributed by atoms with E-state index in [-0.39, 0.29) is 17.6 Å². The number of aromatic carboxylic acids is 1. The standard InChI is InChI=1S/C25H21N5O2S/c31-24(32)17-7-5-9-19(15-17)29-14-6-11-21(29)23-22(20-10-2-4-13-27-20)28-25(33)30(23)16-18-8-1-3-12-26-18/h1-15,22-23H,16H2,(H,28,33)(H,31,32)/t22-,23-/m1/s1. The van der Waals surface area contributed by atoms with Crippen LogP contribution in [0.1, 0.15) is 39.5 Å². The number of carboxylic acids is 1. The predicted molar refractivity (Wildman–Crippen MR) is 128 cm³/mol. The van der Waals surface area contributed by atoms with Crippen LogP contribution in [0.4, 0.5) is 0 Å². The van der Waals surface area contributed by atoms with Crippen molar-refractivity contribution in [1.29, 1.82) is 0 Å². The van der Waals surface area contributed by atoms with Crippen LogP contribution in [0.5, 0.6) is 0 Å². The Morgan fingerprint density at radius 2 is 1.82 bits per heavy atom. The second-order valence-corrected chi connectivity index (χ2v) is 8.12. The fraction of sp³-hybridized carbons (Fsp3) is 0.120. The Balaban J connectivity index is 1.61. The molecule has 8 heteroatoms. The van der Waals surface area contributed by atoms with Gasteiger partial charge in [-0.05, 0) is 66.8 Å². The van der Waals surface area contributed by atoms with Gasteiger partial charge in [0, 0.05) is 30.0 Å². The molecule has 1 aromatic carbocycles. The highest BCUT2D eigenvalue weighted by Crippen LogP contribution is 2.40. The molecule has 2 N–H and O–H groups in total. The van der Waals surface area contributed by atoms with Crippen LogP contribution in [0.25, 0.3) is 5.69 Å². The summed E-state index contributed by atoms with van der Waals surface area (Å²) in [5.74, 6) is -0.961. The van der Waals surface area contributed by atoms with E-state index in [1.54, 1.807) is 30.6 Å². The molecule has 1 aliphatic heterocycles. The summed E-state index contributed by atoms with van der Waals surface area (Å²) in [7, 11) is 0. The highest BCUT2D eigenvalue weighted by atomic mass is 32.1. The summed E-state index contributed by atoms with van der Waals surface area (Å²) in [6.45, 7) is 0.529. The smallest absolute Gasteiger partial charge is 0.335 e. The molecule has 5 rings (SSSR count). The molecule has 0 amide bonds. The molecule has 164 valence electrons. The summed E-state index contributed by atoms with van der Waals surface area (Å²) in [6, 6.07) is 22.2. The number of benzene rings is 1. The Bertz CT molecular complexity index is 1290. The number of aromatic nitrogens is 3. The van der Waals surface area contributed by atoms with Crippen molar-refractivity contribution >= 4 is 23.3 Å². The largest absolute Gasteiger partial charge is 0.478 e. The molecule has 1 fully saturated rings. The first-order chi connectivity index (χ1) is 16.1. The number of nitrogens with one attached hydrogen (secondary N) is 1. The average molecular weight is 456 g/mol. The van der Waals surface area contributed by atoms with Crippen LogP contribution < -0.4 is 5.32 Å². The van der Waals surface area contributed by atoms with Crippen molar-refractivity contribution in [2.75, 3.05) is 0 Å². The van der Waals surface area contributed by atoms with Gasteiger partial charge in [-0.3, -0.25) is 9.97 Å². The maximum atomic E-state index is 11.5. The quantitative estimate of drug-likeness (QED) is 0.423. The molecule has 7 nitrogen and oxygen atoms in total. The molecule has 1 aliphatic rings. The van der Waals surface area contributed by atoms with Gasteiger partial charge in [-0.2, -0.15) is 0 Å². The summed E-state index contributed by atoms with van der Waals surface area (Å²) < 4.78 is 2.01. The van der Waals surface area contributed by atoms with Crippen LogP contribution in [0.3, 0.4) is 0 Å². The molecule has 1 saturated heterocycles. The zero-order valence-electron chi connectivity index (χ0n) is 17.6. The molecule has 3 aromatic heterocycles. The monoisotopic (exact) mass is 455 g/mol. The normalized spacial score (nSPS) is 17.7. The Morgan fingerprint density at radius 3 is 2.55 bits per heavy atom. The zero-order valence-corrected chi connectivity index (χ0v) is 18.4. The molecule has 0 unspecified atom stereocenters. The van der Waals surface area contributed by atoms with E-state index < -0.39 is 5.97 Å². The fourth-order valence-electron chi connectivity index (χ4n) is 4.22. The highest BCUT2D eigenvalue weighted by molar-refractivity contribution is 7.80. The Morgan fingerprint density at radius 1 is 1.00 bits per heavy atom. The number of carboxylic acid groups (broad SMARTS) is 1. The molecule has 0 saturated carbocycles. The SMILES string of the molecule is O=C(O)c1cccc(-n2cccc2[C@@H]2[C@@H](c3ccccn3)NC(=S)N2Cc2ccccn2)c1. The minimum Gasteiger partial charge on any atom is -0.478 e. The topological polar surface area (TPSA) is 83.3 Å². The van der Waals surface area contributed by atoms with Gasteiger partial charge in [0.2, 0.25) is 0 Å². The molecule has 0 bridgehead atoms. The van der Waals surface area contributed by atoms with E-state index in [0.29, 0.717) is 11.7 Å². The summed E-state index contributed by atoms with van der Waals surface area (Å²) in [5, 5.41) is 13.5. The Hall–Kier alpha value is -4.04. The molecule has 0 radical (unpaired) electrons. The number of nitrogens with zero attached hydrogens (tertiary/aromatic N) is 4. The van der Waals surface area contributed by atoms with Crippen LogP contribution in [0, 0.1) is 0 Å². The molecule has 2 atom stereocenters. The van der Waals surface area contributed by atoms with Crippen LogP contribution >= 0.6 is 12.2 Å². The van der Waals surface area contributed by atoms with Crippen molar-refractivity contribution in [1.82, 2.24) is 24.8 Å². The van der Waals surface area contributed by atoms with Crippen LogP contribution in [-0.4, -0.2) is 35.6 Å². The third-order valence-corrected chi connectivity index (χ3v) is 6.06. The minimum atomic E-state index is -0.961. The number of rotatable bonds is 6. The van der Waals surface area contributed by atoms with Crippen molar-refractivity contribution < 1.29 is 9.90 Å². The van der Waals surface area contributed by atoms with E-state index in [1.807, 2.05) is 65.4 Å². The van der Waals surface area contributed by atoms with E-state index >= 15 is 0 Å². The molecular formula is C25H21N5O2S. The lowest BCUT2D eigenvalue weighted by Gasteiger charge is -2.28. The Kier molecular flexibility index (Phi) is 5.58. The number of pyridine rings is 2. The van der Waals surface area contributed by atoms with Crippen molar-refractivity contribution in [3.63, 3.8) is 0 Å². The van der Waals surface area contributed by atoms with Gasteiger partial charge in [0.1, 0.15) is 0 Å². The lowest BCUT2D eigenvalue weighted by molar-refractivity contribution is 0.0697. The van der Waals surface area contributed by atoms with E-state index in [1.165, 1.54) is 0 Å². The summed E-state index contributed by atoms with van der Waals surface area (Å²) in [5.41, 5.74) is 3.75. The first-order valence-corrected chi connectivity index (χ1v) is 10.9. The van der Waals surface area contributed by atoms with Gasteiger partial charge in [-0.25, -0.2) is 4.79 Å². The summed E-state index contributed by atoms with van der Waals surface area (Å²) in [4.78, 5) is 22.7. The number of hydrogen-bond acceptors (Lipinski definition) is 4. The van der Waals surface area contributed by atoms with Crippen molar-refractivity contribution in [2.24, 2.45) is 0 Å². The zero-order chi connectivity index (χ0) is 22.8. The van der Waals surface area contributed by atoms with Crippen molar-refractivity contribution in [3.8, 4) is 5.69 Å². The highest BCUT2D eigenvalue weighted by Gasteiger charge is 2.41. The second kappa shape index (κ2) is 8.84. The average Bonchev–Trinajstić information content (AvgIpc) is 3.45. The van der Waals surface area contributed by atoms with Gasteiger partial charge < -0.3 is 19.9 Å². The van der Waals surface area contributed by atoms with Crippen molar-refractivity contribution in [3.05, 3.63) is 114 Å². The van der Waals surface area contributed by atoms with Gasteiger partial charge in [0.05, 0.1) is 35.6 Å². The third-order valence-electron chi connectivity index (χ3n) is 5.71. The summed E-state index contributed by atoms with van der Waals surface area (Å²) >= 11 is 5.75. The van der Waals surface area contributed by atoms with Gasteiger partial charge in [-0.15, -0.1) is 0 Å². The van der Waals surface area contributed by atoms with Gasteiger partial charge in [-0.1, -0.05) is 18.2 Å². The number of carbonyl (C=O) groups is 1. The number of thiocarbonyl (C=S) groups is 1. The Labute approximate surface area is 196 Å². The molecular weight excluding hydrogens is 434 g/mol. The lowest BCUT2D eigenvalue weighted by Crippen LogP contribution is -2.30. The van der Waals surface area contributed by atoms with Gasteiger partial charge in [0.25, 0.3) is 0 Å². The fourth-order valence-corrected chi connectivity index (χ4v) is 4.53. The first kappa shape index (κ1) is 20.8. The molecule has 0 spiro atoms. The summed E-state index contributed by atoms with van der Waals surface area (Å²) in [6.07, 6.45) is 5.48. The molecule has 0 aliphatic carbocycles. The lowest BCUT2D eigenvalue weighted by atomic mass is 10.0. The predicted octanol–water partition coefficient (Wildman–Crippen LogP) is 4.14. The molecule has 4 aromatic rings. The van der Waals surface area contributed by atoms with Crippen LogP contribution in [0.2, 0.25) is 0 Å². The molecule has 33 heavy (non-hydrogen) atoms. The van der Waals surface area contributed by atoms with Gasteiger partial charge in [0.15, 0.2) is 5.11 Å². The maximum Gasteiger partial charge on any atom is 0.335 e. The van der Waals surface area contributed by atoms with E-state index in [0.717, 1.165) is 22.8 Å². The first-order valence-electron chi connectivity index (χ1n) is 10.5. The molecule has 4 heterocycles. The van der Waals surface area contributed by atoms with Crippen LogP contribution in [0.15, 0.2) is 91.4 Å². The van der Waals surface area contributed by atoms with E-state index in [2.05, 4.69) is 20.2 Å². The minimum absolute atomic E-state index is 0.182. The van der Waals surface area contributed by atoms with Gasteiger partial charge >= 0.3 is 5.97 Å². The third kappa shape index (κ3) is 4.08.